The van der Waals surface area contributed by atoms with Gasteiger partial charge in [-0.05, 0) is 37.3 Å². The predicted octanol–water partition coefficient (Wildman–Crippen LogP) is 3.77. The van der Waals surface area contributed by atoms with Crippen LogP contribution in [0, 0.1) is 6.92 Å². The van der Waals surface area contributed by atoms with Crippen LogP contribution in [-0.4, -0.2) is 35.7 Å². The summed E-state index contributed by atoms with van der Waals surface area (Å²) in [4.78, 5) is 20.5. The van der Waals surface area contributed by atoms with Crippen molar-refractivity contribution in [2.75, 3.05) is 36.4 Å². The molecule has 0 saturated carbocycles. The topological polar surface area (TPSA) is 62.2 Å². The Kier molecular flexibility index (Phi) is 6.00. The summed E-state index contributed by atoms with van der Waals surface area (Å²) in [6, 6.07) is 13.6. The van der Waals surface area contributed by atoms with Gasteiger partial charge in [0.2, 0.25) is 0 Å². The van der Waals surface area contributed by atoms with Crippen molar-refractivity contribution in [3.63, 3.8) is 0 Å². The van der Waals surface area contributed by atoms with Crippen LogP contribution in [0.25, 0.3) is 16.7 Å². The van der Waals surface area contributed by atoms with Crippen molar-refractivity contribution in [1.82, 2.24) is 14.9 Å². The van der Waals surface area contributed by atoms with Gasteiger partial charge in [-0.3, -0.25) is 9.36 Å². The molecule has 2 aromatic heterocycles. The van der Waals surface area contributed by atoms with Crippen molar-refractivity contribution >= 4 is 22.5 Å². The number of pyridine rings is 2. The average Bonchev–Trinajstić information content (AvgIpc) is 2.79. The SMILES string of the molecule is C=C/C=C(\C=C)Nc1cc(=O)c2c(N3CCNCC3)cc(C)nc2n1-c1ccccc1. The molecule has 3 heterocycles. The fraction of sp³-hybridized carbons (Fsp3) is 0.200. The van der Waals surface area contributed by atoms with Crippen LogP contribution in [0.15, 0.2) is 84.3 Å². The Morgan fingerprint density at radius 1 is 1.16 bits per heavy atom. The lowest BCUT2D eigenvalue weighted by atomic mass is 10.1. The Morgan fingerprint density at radius 2 is 1.90 bits per heavy atom. The average molecular weight is 414 g/mol. The van der Waals surface area contributed by atoms with E-state index in [2.05, 4.69) is 28.7 Å². The molecule has 1 saturated heterocycles. The molecule has 3 aromatic rings. The molecule has 6 nitrogen and oxygen atoms in total. The van der Waals surface area contributed by atoms with Gasteiger partial charge >= 0.3 is 0 Å². The van der Waals surface area contributed by atoms with Gasteiger partial charge in [0.1, 0.15) is 5.82 Å². The number of para-hydroxylation sites is 1. The van der Waals surface area contributed by atoms with E-state index in [9.17, 15) is 4.79 Å². The Labute approximate surface area is 182 Å². The maximum Gasteiger partial charge on any atom is 0.195 e. The Morgan fingerprint density at radius 3 is 2.58 bits per heavy atom. The number of aryl methyl sites for hydroxylation is 1. The number of piperazine rings is 1. The highest BCUT2D eigenvalue weighted by molar-refractivity contribution is 5.92. The van der Waals surface area contributed by atoms with Crippen LogP contribution in [0.5, 0.6) is 0 Å². The second-order valence-corrected chi connectivity index (χ2v) is 7.47. The first-order valence-electron chi connectivity index (χ1n) is 10.4. The number of aromatic nitrogens is 2. The van der Waals surface area contributed by atoms with Crippen molar-refractivity contribution in [2.45, 2.75) is 6.92 Å². The normalized spacial score (nSPS) is 14.5. The third-order valence-corrected chi connectivity index (χ3v) is 5.34. The standard InChI is InChI=1S/C25H27N5O/c1-4-9-19(5-2)28-23-17-22(31)24-21(29-14-12-26-13-15-29)16-18(3)27-25(24)30(23)20-10-7-6-8-11-20/h4-11,16-17,26,28H,1-2,12-15H2,3H3/b19-9+. The van der Waals surface area contributed by atoms with Crippen molar-refractivity contribution < 1.29 is 0 Å². The van der Waals surface area contributed by atoms with E-state index in [0.29, 0.717) is 16.9 Å². The number of benzene rings is 1. The van der Waals surface area contributed by atoms with Gasteiger partial charge in [-0.2, -0.15) is 0 Å². The van der Waals surface area contributed by atoms with Gasteiger partial charge in [0, 0.05) is 49.3 Å². The first-order chi connectivity index (χ1) is 15.1. The maximum absolute atomic E-state index is 13.4. The summed E-state index contributed by atoms with van der Waals surface area (Å²) in [5.41, 5.74) is 4.04. The number of fused-ring (bicyclic) bond motifs is 1. The fourth-order valence-corrected chi connectivity index (χ4v) is 3.93. The molecule has 0 bridgehead atoms. The molecule has 0 spiro atoms. The molecule has 1 aliphatic heterocycles. The third-order valence-electron chi connectivity index (χ3n) is 5.34. The van der Waals surface area contributed by atoms with E-state index in [-0.39, 0.29) is 5.43 Å². The van der Waals surface area contributed by atoms with E-state index in [1.54, 1.807) is 18.2 Å². The number of anilines is 2. The molecule has 1 aromatic carbocycles. The van der Waals surface area contributed by atoms with Crippen LogP contribution in [-0.2, 0) is 0 Å². The number of allylic oxidation sites excluding steroid dienone is 3. The number of nitrogens with zero attached hydrogens (tertiary/aromatic N) is 3. The zero-order chi connectivity index (χ0) is 21.8. The highest BCUT2D eigenvalue weighted by Crippen LogP contribution is 2.29. The molecule has 0 amide bonds. The first-order valence-corrected chi connectivity index (χ1v) is 10.4. The molecule has 0 radical (unpaired) electrons. The van der Waals surface area contributed by atoms with Crippen molar-refractivity contribution in [3.05, 3.63) is 95.5 Å². The summed E-state index contributed by atoms with van der Waals surface area (Å²) >= 11 is 0. The minimum absolute atomic E-state index is 0.0623. The minimum atomic E-state index is -0.0623. The van der Waals surface area contributed by atoms with Gasteiger partial charge in [-0.15, -0.1) is 0 Å². The molecule has 0 unspecified atom stereocenters. The van der Waals surface area contributed by atoms with E-state index < -0.39 is 0 Å². The molecule has 0 atom stereocenters. The monoisotopic (exact) mass is 413 g/mol. The van der Waals surface area contributed by atoms with Gasteiger partial charge in [0.25, 0.3) is 0 Å². The van der Waals surface area contributed by atoms with Crippen LogP contribution in [0.2, 0.25) is 0 Å². The molecule has 1 fully saturated rings. The Bertz CT molecular complexity index is 1200. The van der Waals surface area contributed by atoms with Gasteiger partial charge in [0.15, 0.2) is 11.1 Å². The quantitative estimate of drug-likeness (QED) is 0.603. The van der Waals surface area contributed by atoms with E-state index in [1.807, 2.05) is 54.0 Å². The second-order valence-electron chi connectivity index (χ2n) is 7.47. The maximum atomic E-state index is 13.4. The zero-order valence-electron chi connectivity index (χ0n) is 17.8. The molecule has 31 heavy (non-hydrogen) atoms. The predicted molar refractivity (Wildman–Crippen MR) is 129 cm³/mol. The van der Waals surface area contributed by atoms with Crippen LogP contribution in [0.1, 0.15) is 5.69 Å². The minimum Gasteiger partial charge on any atom is -0.368 e. The summed E-state index contributed by atoms with van der Waals surface area (Å²) < 4.78 is 2.00. The highest BCUT2D eigenvalue weighted by Gasteiger charge is 2.20. The van der Waals surface area contributed by atoms with Crippen LogP contribution in [0.3, 0.4) is 0 Å². The lowest BCUT2D eigenvalue weighted by Gasteiger charge is -2.31. The summed E-state index contributed by atoms with van der Waals surface area (Å²) in [5.74, 6) is 0.626. The molecule has 1 aliphatic rings. The third kappa shape index (κ3) is 4.15. The number of hydrogen-bond donors (Lipinski definition) is 2. The van der Waals surface area contributed by atoms with E-state index >= 15 is 0 Å². The van der Waals surface area contributed by atoms with Crippen LogP contribution in [0.4, 0.5) is 11.5 Å². The lowest BCUT2D eigenvalue weighted by molar-refractivity contribution is 0.590. The molecular weight excluding hydrogens is 386 g/mol. The van der Waals surface area contributed by atoms with Crippen molar-refractivity contribution in [3.8, 4) is 5.69 Å². The second kappa shape index (κ2) is 9.02. The van der Waals surface area contributed by atoms with Gasteiger partial charge < -0.3 is 15.5 Å². The lowest BCUT2D eigenvalue weighted by Crippen LogP contribution is -2.44. The van der Waals surface area contributed by atoms with Gasteiger partial charge in [0.05, 0.1) is 11.1 Å². The fourth-order valence-electron chi connectivity index (χ4n) is 3.93. The summed E-state index contributed by atoms with van der Waals surface area (Å²) in [6.07, 6.45) is 5.19. The zero-order valence-corrected chi connectivity index (χ0v) is 17.8. The Hall–Kier alpha value is -3.64. The molecule has 6 heteroatoms. The largest absolute Gasteiger partial charge is 0.368 e. The summed E-state index contributed by atoms with van der Waals surface area (Å²) in [5, 5.41) is 7.33. The molecule has 2 N–H and O–H groups in total. The van der Waals surface area contributed by atoms with Crippen molar-refractivity contribution in [2.24, 2.45) is 0 Å². The highest BCUT2D eigenvalue weighted by atomic mass is 16.1. The van der Waals surface area contributed by atoms with Crippen LogP contribution >= 0.6 is 0 Å². The number of hydrogen-bond acceptors (Lipinski definition) is 5. The van der Waals surface area contributed by atoms with E-state index in [0.717, 1.165) is 48.9 Å². The smallest absolute Gasteiger partial charge is 0.195 e. The molecule has 158 valence electrons. The first kappa shape index (κ1) is 20.6. The number of nitrogens with one attached hydrogen (secondary N) is 2. The molecular formula is C25H27N5O. The van der Waals surface area contributed by atoms with E-state index in [4.69, 9.17) is 4.98 Å². The number of rotatable bonds is 6. The van der Waals surface area contributed by atoms with Gasteiger partial charge in [-0.25, -0.2) is 4.98 Å². The summed E-state index contributed by atoms with van der Waals surface area (Å²) in [6.45, 7) is 13.1. The van der Waals surface area contributed by atoms with Gasteiger partial charge in [-0.1, -0.05) is 37.4 Å². The molecule has 0 aliphatic carbocycles. The summed E-state index contributed by atoms with van der Waals surface area (Å²) in [7, 11) is 0. The van der Waals surface area contributed by atoms with Crippen LogP contribution < -0.4 is 21.0 Å². The molecule has 4 rings (SSSR count). The van der Waals surface area contributed by atoms with E-state index in [1.165, 1.54) is 0 Å². The Balaban J connectivity index is 2.03. The van der Waals surface area contributed by atoms with Crippen molar-refractivity contribution in [1.29, 1.82) is 0 Å².